The van der Waals surface area contributed by atoms with Crippen LogP contribution in [0.2, 0.25) is 0 Å². The van der Waals surface area contributed by atoms with Crippen molar-refractivity contribution in [2.75, 3.05) is 4.72 Å². The highest BCUT2D eigenvalue weighted by atomic mass is 32.2. The first-order chi connectivity index (χ1) is 15.8. The van der Waals surface area contributed by atoms with Gasteiger partial charge in [0, 0.05) is 11.6 Å². The van der Waals surface area contributed by atoms with Gasteiger partial charge in [0.2, 0.25) is 11.8 Å². The van der Waals surface area contributed by atoms with Crippen molar-refractivity contribution in [3.8, 4) is 22.9 Å². The number of nitrogens with zero attached hydrogens (tertiary/aromatic N) is 2. The molecule has 0 saturated heterocycles. The zero-order valence-corrected chi connectivity index (χ0v) is 18.9. The van der Waals surface area contributed by atoms with E-state index < -0.39 is 15.8 Å². The lowest BCUT2D eigenvalue weighted by Gasteiger charge is -2.15. The van der Waals surface area contributed by atoms with Crippen LogP contribution in [0.4, 0.5) is 10.3 Å². The third-order valence-electron chi connectivity index (χ3n) is 4.89. The molecule has 0 fully saturated rings. The number of benzene rings is 3. The van der Waals surface area contributed by atoms with Gasteiger partial charge in [-0.25, -0.2) is 22.5 Å². The Labute approximate surface area is 192 Å². The van der Waals surface area contributed by atoms with Crippen LogP contribution in [0, 0.1) is 5.82 Å². The second kappa shape index (κ2) is 9.38. The Morgan fingerprint density at radius 1 is 0.879 bits per heavy atom. The fourth-order valence-corrected chi connectivity index (χ4v) is 4.28. The summed E-state index contributed by atoms with van der Waals surface area (Å²) in [5, 5.41) is 0. The van der Waals surface area contributed by atoms with Crippen molar-refractivity contribution in [1.82, 2.24) is 9.97 Å². The van der Waals surface area contributed by atoms with Crippen LogP contribution in [-0.2, 0) is 10.0 Å². The molecular formula is C25H22FN3O3S. The van der Waals surface area contributed by atoms with Gasteiger partial charge in [-0.05, 0) is 35.7 Å². The summed E-state index contributed by atoms with van der Waals surface area (Å²) in [5.74, 6) is -0.574. The van der Waals surface area contributed by atoms with Crippen LogP contribution in [0.15, 0.2) is 89.8 Å². The maximum atomic E-state index is 14.2. The Morgan fingerprint density at radius 2 is 1.55 bits per heavy atom. The number of hydrogen-bond acceptors (Lipinski definition) is 5. The first-order valence-electron chi connectivity index (χ1n) is 10.3. The number of ether oxygens (including phenoxy) is 1. The molecule has 0 unspecified atom stereocenters. The van der Waals surface area contributed by atoms with Crippen LogP contribution >= 0.6 is 0 Å². The Kier molecular flexibility index (Phi) is 6.37. The van der Waals surface area contributed by atoms with Gasteiger partial charge < -0.3 is 4.74 Å². The molecule has 0 saturated carbocycles. The topological polar surface area (TPSA) is 81.2 Å². The molecule has 0 radical (unpaired) electrons. The van der Waals surface area contributed by atoms with E-state index in [-0.39, 0.29) is 28.4 Å². The lowest BCUT2D eigenvalue weighted by Crippen LogP contribution is -2.15. The molecule has 1 N–H and O–H groups in total. The van der Waals surface area contributed by atoms with Crippen molar-refractivity contribution in [3.05, 3.63) is 96.3 Å². The zero-order chi connectivity index (χ0) is 23.4. The van der Waals surface area contributed by atoms with E-state index in [1.807, 2.05) is 24.3 Å². The van der Waals surface area contributed by atoms with Gasteiger partial charge in [-0.1, -0.05) is 68.4 Å². The van der Waals surface area contributed by atoms with E-state index in [9.17, 15) is 12.8 Å². The third kappa shape index (κ3) is 5.18. The number of rotatable bonds is 7. The summed E-state index contributed by atoms with van der Waals surface area (Å²) in [4.78, 5) is 8.70. The number of sulfonamides is 1. The smallest absolute Gasteiger partial charge is 0.264 e. The van der Waals surface area contributed by atoms with E-state index >= 15 is 0 Å². The first kappa shape index (κ1) is 22.4. The molecule has 4 rings (SSSR count). The standard InChI is InChI=1S/C25H22FN3O3S/c1-17(2)19-12-6-7-13-20(19)22-16-24(32-23-15-9-8-14-21(23)26)28-25(27-22)29-33(30,31)18-10-4-3-5-11-18/h3-17H,1-2H3,(H,27,28,29). The molecular weight excluding hydrogens is 441 g/mol. The predicted octanol–water partition coefficient (Wildman–Crippen LogP) is 6.00. The van der Waals surface area contributed by atoms with Crippen molar-refractivity contribution in [1.29, 1.82) is 0 Å². The molecule has 0 aliphatic carbocycles. The van der Waals surface area contributed by atoms with E-state index in [0.29, 0.717) is 5.69 Å². The van der Waals surface area contributed by atoms with Gasteiger partial charge in [0.1, 0.15) is 0 Å². The maximum Gasteiger partial charge on any atom is 0.264 e. The highest BCUT2D eigenvalue weighted by Crippen LogP contribution is 2.32. The molecule has 1 heterocycles. The predicted molar refractivity (Wildman–Crippen MR) is 125 cm³/mol. The minimum absolute atomic E-state index is 0.00872. The third-order valence-corrected chi connectivity index (χ3v) is 6.24. The number of anilines is 1. The van der Waals surface area contributed by atoms with E-state index in [1.165, 1.54) is 24.3 Å². The summed E-state index contributed by atoms with van der Waals surface area (Å²) in [5.41, 5.74) is 2.27. The quantitative estimate of drug-likeness (QED) is 0.364. The lowest BCUT2D eigenvalue weighted by molar-refractivity contribution is 0.427. The van der Waals surface area contributed by atoms with Crippen molar-refractivity contribution in [3.63, 3.8) is 0 Å². The summed E-state index contributed by atoms with van der Waals surface area (Å²) in [6.45, 7) is 4.10. The average Bonchev–Trinajstić information content (AvgIpc) is 2.81. The lowest BCUT2D eigenvalue weighted by atomic mass is 9.95. The van der Waals surface area contributed by atoms with Gasteiger partial charge in [-0.15, -0.1) is 0 Å². The van der Waals surface area contributed by atoms with Crippen LogP contribution in [-0.4, -0.2) is 18.4 Å². The van der Waals surface area contributed by atoms with Crippen molar-refractivity contribution < 1.29 is 17.5 Å². The molecule has 33 heavy (non-hydrogen) atoms. The molecule has 0 aliphatic rings. The van der Waals surface area contributed by atoms with Crippen LogP contribution in [0.1, 0.15) is 25.3 Å². The fraction of sp³-hybridized carbons (Fsp3) is 0.120. The second-order valence-electron chi connectivity index (χ2n) is 7.61. The van der Waals surface area contributed by atoms with Gasteiger partial charge in [0.15, 0.2) is 11.6 Å². The highest BCUT2D eigenvalue weighted by Gasteiger charge is 2.19. The van der Waals surface area contributed by atoms with Gasteiger partial charge in [-0.3, -0.25) is 0 Å². The van der Waals surface area contributed by atoms with E-state index in [4.69, 9.17) is 4.74 Å². The summed E-state index contributed by atoms with van der Waals surface area (Å²) in [6.07, 6.45) is 0. The monoisotopic (exact) mass is 463 g/mol. The van der Waals surface area contributed by atoms with Gasteiger partial charge >= 0.3 is 0 Å². The minimum Gasteiger partial charge on any atom is -0.436 e. The Bertz CT molecular complexity index is 1380. The number of nitrogens with one attached hydrogen (secondary N) is 1. The molecule has 0 atom stereocenters. The summed E-state index contributed by atoms with van der Waals surface area (Å²) >= 11 is 0. The molecule has 1 aromatic heterocycles. The summed E-state index contributed by atoms with van der Waals surface area (Å²) in [7, 11) is -3.94. The van der Waals surface area contributed by atoms with Gasteiger partial charge in [-0.2, -0.15) is 4.98 Å². The fourth-order valence-electron chi connectivity index (χ4n) is 3.31. The number of halogens is 1. The maximum absolute atomic E-state index is 14.2. The van der Waals surface area contributed by atoms with E-state index in [1.54, 1.807) is 36.4 Å². The van der Waals surface area contributed by atoms with Crippen molar-refractivity contribution >= 4 is 16.0 Å². The van der Waals surface area contributed by atoms with Crippen molar-refractivity contribution in [2.45, 2.75) is 24.7 Å². The zero-order valence-electron chi connectivity index (χ0n) is 18.1. The van der Waals surface area contributed by atoms with Crippen LogP contribution in [0.25, 0.3) is 11.3 Å². The van der Waals surface area contributed by atoms with Crippen LogP contribution in [0.5, 0.6) is 11.6 Å². The number of hydrogen-bond donors (Lipinski definition) is 1. The molecule has 6 nitrogen and oxygen atoms in total. The largest absolute Gasteiger partial charge is 0.436 e. The molecule has 0 amide bonds. The minimum atomic E-state index is -3.94. The normalized spacial score (nSPS) is 11.4. The first-order valence-corrected chi connectivity index (χ1v) is 11.8. The van der Waals surface area contributed by atoms with Crippen LogP contribution in [0.3, 0.4) is 0 Å². The summed E-state index contributed by atoms with van der Waals surface area (Å²) < 4.78 is 48.0. The number of para-hydroxylation sites is 1. The Balaban J connectivity index is 1.81. The van der Waals surface area contributed by atoms with Gasteiger partial charge in [0.25, 0.3) is 10.0 Å². The highest BCUT2D eigenvalue weighted by molar-refractivity contribution is 7.92. The Hall–Kier alpha value is -3.78. The van der Waals surface area contributed by atoms with Gasteiger partial charge in [0.05, 0.1) is 10.6 Å². The number of aromatic nitrogens is 2. The summed E-state index contributed by atoms with van der Waals surface area (Å²) in [6, 6.07) is 23.0. The molecule has 0 aliphatic heterocycles. The van der Waals surface area contributed by atoms with Crippen molar-refractivity contribution in [2.24, 2.45) is 0 Å². The van der Waals surface area contributed by atoms with E-state index in [0.717, 1.165) is 11.1 Å². The Morgan fingerprint density at radius 3 is 2.27 bits per heavy atom. The van der Waals surface area contributed by atoms with Crippen LogP contribution < -0.4 is 9.46 Å². The molecule has 0 bridgehead atoms. The molecule has 0 spiro atoms. The SMILES string of the molecule is CC(C)c1ccccc1-c1cc(Oc2ccccc2F)nc(NS(=O)(=O)c2ccccc2)n1. The average molecular weight is 464 g/mol. The molecule has 3 aromatic carbocycles. The second-order valence-corrected chi connectivity index (χ2v) is 9.29. The molecule has 168 valence electrons. The molecule has 4 aromatic rings. The molecule has 8 heteroatoms. The van der Waals surface area contributed by atoms with E-state index in [2.05, 4.69) is 28.5 Å².